The third-order valence-corrected chi connectivity index (χ3v) is 0. The van der Waals surface area contributed by atoms with Crippen molar-refractivity contribution in [3.05, 3.63) is 0 Å². The molecule has 0 unspecified atom stereocenters. The first-order valence-corrected chi connectivity index (χ1v) is 0.926. The minimum Gasteiger partial charge on any atom is -0.870 e. The first-order valence-electron chi connectivity index (χ1n) is 0.309. The van der Waals surface area contributed by atoms with E-state index in [0.717, 1.165) is 0 Å². The molecule has 0 aromatic carbocycles. The Hall–Kier alpha value is 0.979. The number of rotatable bonds is 0. The smallest absolute Gasteiger partial charge is 0.870 e. The van der Waals surface area contributed by atoms with Crippen molar-refractivity contribution in [1.82, 2.24) is 0 Å². The van der Waals surface area contributed by atoms with Gasteiger partial charge in [-0.05, 0) is 0 Å². The summed E-state index contributed by atoms with van der Waals surface area (Å²) in [4.78, 5) is 0. The van der Waals surface area contributed by atoms with Crippen LogP contribution < -0.4 is 0 Å². The zero-order valence-corrected chi connectivity index (χ0v) is 4.81. The van der Waals surface area contributed by atoms with Gasteiger partial charge in [-0.2, -0.15) is 3.84 Å². The van der Waals surface area contributed by atoms with E-state index in [4.69, 9.17) is 0 Å². The zero-order valence-electron chi connectivity index (χ0n) is 2.36. The molecule has 6 heteroatoms. The summed E-state index contributed by atoms with van der Waals surface area (Å²) < 4.78 is 3.19. The normalized spacial score (nSPS) is 3.00. The van der Waals surface area contributed by atoms with E-state index in [1.807, 2.05) is 0 Å². The molecule has 0 amide bonds. The summed E-state index contributed by atoms with van der Waals surface area (Å²) in [5.41, 5.74) is 0. The minimum absolute atomic E-state index is 0. The van der Waals surface area contributed by atoms with Crippen LogP contribution >= 0.6 is 23.7 Å². The molecule has 0 spiro atoms. The summed E-state index contributed by atoms with van der Waals surface area (Å²) in [5, 5.41) is 0. The SMILES string of the molecule is ClOCl.[Cu+2].[OH-].[OH-]. The van der Waals surface area contributed by atoms with E-state index in [1.54, 1.807) is 0 Å². The number of hydrogen-bond acceptors (Lipinski definition) is 3. The van der Waals surface area contributed by atoms with Gasteiger partial charge in [0.2, 0.25) is 0 Å². The van der Waals surface area contributed by atoms with Gasteiger partial charge in [0.05, 0.1) is 23.7 Å². The van der Waals surface area contributed by atoms with Crippen molar-refractivity contribution in [2.75, 3.05) is 0 Å². The second-order valence-electron chi connectivity index (χ2n) is 0.0583. The second-order valence-corrected chi connectivity index (χ2v) is 0.525. The van der Waals surface area contributed by atoms with Gasteiger partial charge in [0.25, 0.3) is 0 Å². The predicted molar refractivity (Wildman–Crippen MR) is 16.7 cm³/mol. The van der Waals surface area contributed by atoms with Crippen LogP contribution in [0.15, 0.2) is 0 Å². The van der Waals surface area contributed by atoms with Crippen molar-refractivity contribution in [3.8, 4) is 0 Å². The van der Waals surface area contributed by atoms with E-state index in [-0.39, 0.29) is 28.0 Å². The Morgan fingerprint density at radius 3 is 1.00 bits per heavy atom. The van der Waals surface area contributed by atoms with Gasteiger partial charge < -0.3 is 11.0 Å². The maximum atomic E-state index is 4.26. The van der Waals surface area contributed by atoms with Crippen molar-refractivity contribution in [2.24, 2.45) is 0 Å². The van der Waals surface area contributed by atoms with Gasteiger partial charge in [-0.1, -0.05) is 0 Å². The van der Waals surface area contributed by atoms with E-state index in [1.165, 1.54) is 0 Å². The summed E-state index contributed by atoms with van der Waals surface area (Å²) in [6.45, 7) is 0. The molecule has 0 aromatic rings. The molecular weight excluding hydrogens is 182 g/mol. The summed E-state index contributed by atoms with van der Waals surface area (Å²) in [5.74, 6) is 0. The van der Waals surface area contributed by atoms with Crippen LogP contribution in [0.2, 0.25) is 0 Å². The van der Waals surface area contributed by atoms with Gasteiger partial charge >= 0.3 is 17.1 Å². The molecule has 0 aliphatic carbocycles. The predicted octanol–water partition coefficient (Wildman–Crippen LogP) is 0.955. The van der Waals surface area contributed by atoms with E-state index in [9.17, 15) is 0 Å². The van der Waals surface area contributed by atoms with Gasteiger partial charge in [0.15, 0.2) is 0 Å². The van der Waals surface area contributed by atoms with Crippen LogP contribution in [-0.4, -0.2) is 11.0 Å². The van der Waals surface area contributed by atoms with E-state index in [2.05, 4.69) is 27.6 Å². The molecule has 0 heterocycles. The van der Waals surface area contributed by atoms with Gasteiger partial charge in [0.1, 0.15) is 0 Å². The fourth-order valence-corrected chi connectivity index (χ4v) is 0. The molecule has 0 saturated carbocycles. The Labute approximate surface area is 56.0 Å². The van der Waals surface area contributed by atoms with E-state index < -0.39 is 0 Å². The number of halogens is 2. The molecule has 6 heavy (non-hydrogen) atoms. The van der Waals surface area contributed by atoms with Crippen LogP contribution in [0.1, 0.15) is 0 Å². The Morgan fingerprint density at radius 2 is 1.00 bits per heavy atom. The maximum Gasteiger partial charge on any atom is 2.00 e. The van der Waals surface area contributed by atoms with Gasteiger partial charge in [-0.15, -0.1) is 0 Å². The fraction of sp³-hybridized carbons (Fsp3) is 0. The molecular formula is H2Cl2CuO3. The third kappa shape index (κ3) is 82.2. The maximum absolute atomic E-state index is 4.26. The first-order chi connectivity index (χ1) is 1.41. The van der Waals surface area contributed by atoms with E-state index >= 15 is 0 Å². The van der Waals surface area contributed by atoms with Crippen molar-refractivity contribution in [2.45, 2.75) is 0 Å². The van der Waals surface area contributed by atoms with Crippen molar-refractivity contribution in [3.63, 3.8) is 0 Å². The first kappa shape index (κ1) is 28.1. The van der Waals surface area contributed by atoms with Crippen molar-refractivity contribution in [1.29, 1.82) is 0 Å². The average Bonchev–Trinajstić information content (AvgIpc) is 0.918. The Kier molecular flexibility index (Phi) is 177. The quantitative estimate of drug-likeness (QED) is 0.527. The largest absolute Gasteiger partial charge is 2.00 e. The van der Waals surface area contributed by atoms with Crippen molar-refractivity contribution >= 4 is 23.7 Å². The van der Waals surface area contributed by atoms with Crippen LogP contribution in [0.5, 0.6) is 0 Å². The third-order valence-electron chi connectivity index (χ3n) is 0. The van der Waals surface area contributed by atoms with Gasteiger partial charge in [-0.3, -0.25) is 0 Å². The second kappa shape index (κ2) is 37.8. The number of hydrogen-bond donors (Lipinski definition) is 0. The average molecular weight is 184 g/mol. The zero-order chi connectivity index (χ0) is 2.71. The summed E-state index contributed by atoms with van der Waals surface area (Å²) in [6, 6.07) is 0. The molecule has 2 N–H and O–H groups in total. The Balaban J connectivity index is -0.00000000667. The minimum atomic E-state index is 0. The fourth-order valence-electron chi connectivity index (χ4n) is 0. The Morgan fingerprint density at radius 1 is 1.00 bits per heavy atom. The van der Waals surface area contributed by atoms with Gasteiger partial charge in [0, 0.05) is 0 Å². The molecule has 0 rings (SSSR count). The van der Waals surface area contributed by atoms with Crippen LogP contribution in [0.4, 0.5) is 0 Å². The van der Waals surface area contributed by atoms with E-state index in [0.29, 0.717) is 0 Å². The molecule has 0 aliphatic rings. The summed E-state index contributed by atoms with van der Waals surface area (Å²) in [6.07, 6.45) is 0. The van der Waals surface area contributed by atoms with Gasteiger partial charge in [-0.25, -0.2) is 0 Å². The molecule has 45 valence electrons. The van der Waals surface area contributed by atoms with Crippen molar-refractivity contribution < 1.29 is 31.9 Å². The molecule has 0 fully saturated rings. The van der Waals surface area contributed by atoms with Crippen LogP contribution in [0.25, 0.3) is 0 Å². The molecule has 0 aromatic heterocycles. The summed E-state index contributed by atoms with van der Waals surface area (Å²) >= 11 is 8.53. The standard InChI is InChI=1S/Cl2O.Cu.2H2O/c1-3-2;;;/h;;2*1H2/q;+2;;/p-2. The topological polar surface area (TPSA) is 69.2 Å². The molecule has 0 bridgehead atoms. The molecule has 0 saturated heterocycles. The van der Waals surface area contributed by atoms with Crippen LogP contribution in [-0.2, 0) is 20.9 Å². The Bertz CT molecular complexity index is 8.75. The molecule has 3 nitrogen and oxygen atoms in total. The molecule has 0 atom stereocenters. The molecule has 1 radical (unpaired) electrons. The van der Waals surface area contributed by atoms with Crippen LogP contribution in [0, 0.1) is 0 Å². The monoisotopic (exact) mass is 183 g/mol. The van der Waals surface area contributed by atoms with Crippen LogP contribution in [0.3, 0.4) is 0 Å². The summed E-state index contributed by atoms with van der Waals surface area (Å²) in [7, 11) is 0. The molecule has 0 aliphatic heterocycles.